The number of rotatable bonds is 7. The molecular weight excluding hydrogens is 340 g/mol. The second-order valence-corrected chi connectivity index (χ2v) is 6.23. The summed E-state index contributed by atoms with van der Waals surface area (Å²) in [5.41, 5.74) is 0.784. The third-order valence-electron chi connectivity index (χ3n) is 3.06. The van der Waals surface area contributed by atoms with Crippen molar-refractivity contribution in [3.63, 3.8) is 0 Å². The van der Waals surface area contributed by atoms with Crippen molar-refractivity contribution in [3.8, 4) is 17.2 Å². The molecule has 132 valence electrons. The van der Waals surface area contributed by atoms with E-state index in [4.69, 9.17) is 25.8 Å². The monoisotopic (exact) mass is 360 g/mol. The van der Waals surface area contributed by atoms with Gasteiger partial charge >= 0.3 is 5.97 Å². The molecule has 0 atom stereocenters. The van der Waals surface area contributed by atoms with Crippen LogP contribution in [0.3, 0.4) is 0 Å². The van der Waals surface area contributed by atoms with Crippen LogP contribution in [-0.4, -0.2) is 18.7 Å². The molecule has 25 heavy (non-hydrogen) atoms. The molecule has 4 nitrogen and oxygen atoms in total. The fourth-order valence-electron chi connectivity index (χ4n) is 1.95. The molecule has 5 heteroatoms. The van der Waals surface area contributed by atoms with Gasteiger partial charge in [0, 0.05) is 11.1 Å². The van der Waals surface area contributed by atoms with Gasteiger partial charge in [-0.25, -0.2) is 4.79 Å². The van der Waals surface area contributed by atoms with Gasteiger partial charge in [-0.1, -0.05) is 11.6 Å². The highest BCUT2D eigenvalue weighted by Crippen LogP contribution is 2.25. The lowest BCUT2D eigenvalue weighted by Gasteiger charge is -2.09. The number of carbonyl (C=O) groups is 1. The Morgan fingerprint density at radius 2 is 1.52 bits per heavy atom. The maximum absolute atomic E-state index is 11.5. The Bertz CT molecular complexity index is 718. The predicted octanol–water partition coefficient (Wildman–Crippen LogP) is 5.41. The van der Waals surface area contributed by atoms with Crippen molar-refractivity contribution in [1.29, 1.82) is 0 Å². The Hall–Kier alpha value is -2.46. The molecule has 0 amide bonds. The van der Waals surface area contributed by atoms with Crippen LogP contribution < -0.4 is 9.47 Å². The first-order valence-electron chi connectivity index (χ1n) is 7.96. The lowest BCUT2D eigenvalue weighted by atomic mass is 10.3. The number of ether oxygens (including phenoxy) is 3. The van der Waals surface area contributed by atoms with Gasteiger partial charge in [0.2, 0.25) is 0 Å². The second kappa shape index (κ2) is 9.14. The summed E-state index contributed by atoms with van der Waals surface area (Å²) in [4.78, 5) is 11.5. The molecule has 0 saturated heterocycles. The summed E-state index contributed by atoms with van der Waals surface area (Å²) in [7, 11) is 0. The van der Waals surface area contributed by atoms with Crippen LogP contribution in [0.4, 0.5) is 0 Å². The number of halogens is 1. The Morgan fingerprint density at radius 1 is 1.00 bits per heavy atom. The van der Waals surface area contributed by atoms with Gasteiger partial charge in [0.15, 0.2) is 0 Å². The third kappa shape index (κ3) is 6.89. The van der Waals surface area contributed by atoms with Gasteiger partial charge in [0.25, 0.3) is 0 Å². The van der Waals surface area contributed by atoms with Crippen molar-refractivity contribution in [2.75, 3.05) is 6.61 Å². The van der Waals surface area contributed by atoms with E-state index < -0.39 is 0 Å². The summed E-state index contributed by atoms with van der Waals surface area (Å²) in [6.07, 6.45) is 1.31. The van der Waals surface area contributed by atoms with E-state index in [1.165, 1.54) is 6.08 Å². The highest BCUT2D eigenvalue weighted by molar-refractivity contribution is 6.30. The lowest BCUT2D eigenvalue weighted by molar-refractivity contribution is -0.141. The maximum atomic E-state index is 11.5. The molecule has 0 radical (unpaired) electrons. The molecule has 2 aromatic carbocycles. The van der Waals surface area contributed by atoms with Crippen LogP contribution >= 0.6 is 11.6 Å². The van der Waals surface area contributed by atoms with Gasteiger partial charge in [-0.15, -0.1) is 0 Å². The highest BCUT2D eigenvalue weighted by atomic mass is 35.5. The van der Waals surface area contributed by atoms with Gasteiger partial charge in [0.05, 0.1) is 6.10 Å². The molecular formula is C20H21ClO4. The number of esters is 1. The van der Waals surface area contributed by atoms with Crippen LogP contribution in [0.25, 0.3) is 0 Å². The molecule has 0 heterocycles. The predicted molar refractivity (Wildman–Crippen MR) is 98.4 cm³/mol. The van der Waals surface area contributed by atoms with E-state index in [1.54, 1.807) is 24.3 Å². The van der Waals surface area contributed by atoms with E-state index in [-0.39, 0.29) is 12.1 Å². The normalized spacial score (nSPS) is 11.3. The van der Waals surface area contributed by atoms with Gasteiger partial charge in [-0.05, 0) is 74.9 Å². The van der Waals surface area contributed by atoms with E-state index in [0.29, 0.717) is 28.9 Å². The Kier molecular flexibility index (Phi) is 6.90. The van der Waals surface area contributed by atoms with Crippen LogP contribution in [0.15, 0.2) is 60.2 Å². The van der Waals surface area contributed by atoms with Crippen molar-refractivity contribution >= 4 is 17.6 Å². The average molecular weight is 361 g/mol. The fraction of sp³-hybridized carbons (Fsp3) is 0.250. The molecule has 0 bridgehead atoms. The molecule has 0 saturated carbocycles. The summed E-state index contributed by atoms with van der Waals surface area (Å²) in [6.45, 7) is 5.75. The largest absolute Gasteiger partial charge is 0.489 e. The zero-order chi connectivity index (χ0) is 18.2. The van der Waals surface area contributed by atoms with Crippen molar-refractivity contribution in [1.82, 2.24) is 0 Å². The fourth-order valence-corrected chi connectivity index (χ4v) is 2.07. The Balaban J connectivity index is 1.86. The quantitative estimate of drug-likeness (QED) is 0.489. The van der Waals surface area contributed by atoms with Gasteiger partial charge in [-0.2, -0.15) is 0 Å². The highest BCUT2D eigenvalue weighted by Gasteiger charge is 2.04. The minimum absolute atomic E-state index is 0.134. The van der Waals surface area contributed by atoms with Crippen molar-refractivity contribution in [3.05, 3.63) is 65.2 Å². The number of hydrogen-bond donors (Lipinski definition) is 0. The molecule has 0 spiro atoms. The molecule has 0 N–H and O–H groups in total. The number of carbonyl (C=O) groups excluding carboxylic acids is 1. The maximum Gasteiger partial charge on any atom is 0.331 e. The standard InChI is InChI=1S/C20H21ClO4/c1-14(2)24-20(22)12-15(3)13-23-17-8-10-19(11-9-17)25-18-6-4-16(21)5-7-18/h4-12,14H,13H2,1-3H3. The zero-order valence-electron chi connectivity index (χ0n) is 14.5. The van der Waals surface area contributed by atoms with Crippen LogP contribution in [0.2, 0.25) is 5.02 Å². The minimum Gasteiger partial charge on any atom is -0.489 e. The van der Waals surface area contributed by atoms with Crippen molar-refractivity contribution in [2.45, 2.75) is 26.9 Å². The van der Waals surface area contributed by atoms with Crippen LogP contribution in [0.1, 0.15) is 20.8 Å². The second-order valence-electron chi connectivity index (χ2n) is 5.79. The van der Waals surface area contributed by atoms with Gasteiger partial charge in [-0.3, -0.25) is 0 Å². The van der Waals surface area contributed by atoms with Crippen LogP contribution in [0, 0.1) is 0 Å². The molecule has 2 aromatic rings. The molecule has 0 aromatic heterocycles. The molecule has 0 fully saturated rings. The number of benzene rings is 2. The molecule has 2 rings (SSSR count). The van der Waals surface area contributed by atoms with E-state index in [1.807, 2.05) is 45.0 Å². The van der Waals surface area contributed by atoms with Crippen molar-refractivity contribution < 1.29 is 19.0 Å². The van der Waals surface area contributed by atoms with E-state index in [0.717, 1.165) is 5.57 Å². The summed E-state index contributed by atoms with van der Waals surface area (Å²) < 4.78 is 16.4. The first kappa shape index (κ1) is 18.9. The summed E-state index contributed by atoms with van der Waals surface area (Å²) >= 11 is 5.85. The molecule has 0 aliphatic carbocycles. The Labute approximate surface area is 153 Å². The topological polar surface area (TPSA) is 44.8 Å². The first-order chi connectivity index (χ1) is 11.9. The zero-order valence-corrected chi connectivity index (χ0v) is 15.2. The van der Waals surface area contributed by atoms with Gasteiger partial charge < -0.3 is 14.2 Å². The van der Waals surface area contributed by atoms with Crippen LogP contribution in [-0.2, 0) is 9.53 Å². The SMILES string of the molecule is CC(=CC(=O)OC(C)C)COc1ccc(Oc2ccc(Cl)cc2)cc1. The summed E-state index contributed by atoms with van der Waals surface area (Å²) in [6, 6.07) is 14.4. The third-order valence-corrected chi connectivity index (χ3v) is 3.31. The minimum atomic E-state index is -0.359. The molecule has 0 unspecified atom stereocenters. The van der Waals surface area contributed by atoms with E-state index >= 15 is 0 Å². The summed E-state index contributed by atoms with van der Waals surface area (Å²) in [5, 5.41) is 0.664. The summed E-state index contributed by atoms with van der Waals surface area (Å²) in [5.74, 6) is 1.74. The average Bonchev–Trinajstić information content (AvgIpc) is 2.55. The smallest absolute Gasteiger partial charge is 0.331 e. The van der Waals surface area contributed by atoms with Gasteiger partial charge in [0.1, 0.15) is 23.9 Å². The number of hydrogen-bond acceptors (Lipinski definition) is 4. The Morgan fingerprint density at radius 3 is 2.08 bits per heavy atom. The van der Waals surface area contributed by atoms with E-state index in [2.05, 4.69) is 0 Å². The van der Waals surface area contributed by atoms with E-state index in [9.17, 15) is 4.79 Å². The molecule has 0 aliphatic rings. The van der Waals surface area contributed by atoms with Crippen molar-refractivity contribution in [2.24, 2.45) is 0 Å². The first-order valence-corrected chi connectivity index (χ1v) is 8.34. The molecule has 0 aliphatic heterocycles. The van der Waals surface area contributed by atoms with Crippen LogP contribution in [0.5, 0.6) is 17.2 Å². The lowest BCUT2D eigenvalue weighted by Crippen LogP contribution is -2.10.